The molecule has 1 aromatic rings. The number of morpholine rings is 1. The molecule has 1 aliphatic heterocycles. The molecule has 2 heterocycles. The third-order valence-electron chi connectivity index (χ3n) is 2.68. The van der Waals surface area contributed by atoms with E-state index in [2.05, 4.69) is 37.7 Å². The van der Waals surface area contributed by atoms with E-state index >= 15 is 0 Å². The highest BCUT2D eigenvalue weighted by atomic mass is 79.9. The van der Waals surface area contributed by atoms with Gasteiger partial charge in [-0.05, 0) is 13.8 Å². The monoisotopic (exact) mass is 285 g/mol. The van der Waals surface area contributed by atoms with Crippen molar-refractivity contribution in [1.29, 1.82) is 0 Å². The van der Waals surface area contributed by atoms with Crippen LogP contribution >= 0.6 is 15.9 Å². The Labute approximate surface area is 104 Å². The number of aromatic nitrogens is 2. The van der Waals surface area contributed by atoms with Crippen molar-refractivity contribution in [1.82, 2.24) is 9.97 Å². The Morgan fingerprint density at radius 1 is 1.56 bits per heavy atom. The molecule has 1 fully saturated rings. The van der Waals surface area contributed by atoms with Crippen molar-refractivity contribution in [2.45, 2.75) is 25.2 Å². The van der Waals surface area contributed by atoms with Crippen molar-refractivity contribution in [2.75, 3.05) is 24.7 Å². The number of nitrogens with zero attached hydrogens (tertiary/aromatic N) is 3. The Hall–Kier alpha value is -0.680. The number of halogens is 1. The molecule has 1 aliphatic rings. The molecule has 0 spiro atoms. The normalized spacial score (nSPS) is 21.2. The lowest BCUT2D eigenvalue weighted by Crippen LogP contribution is -2.44. The van der Waals surface area contributed by atoms with Crippen LogP contribution < -0.4 is 4.90 Å². The number of aryl methyl sites for hydroxylation is 1. The Bertz CT molecular complexity index is 372. The van der Waals surface area contributed by atoms with Gasteiger partial charge < -0.3 is 9.64 Å². The van der Waals surface area contributed by atoms with Crippen LogP contribution in [-0.4, -0.2) is 35.8 Å². The van der Waals surface area contributed by atoms with Crippen LogP contribution in [0.3, 0.4) is 0 Å². The van der Waals surface area contributed by atoms with E-state index in [9.17, 15) is 0 Å². The van der Waals surface area contributed by atoms with Gasteiger partial charge in [-0.1, -0.05) is 15.9 Å². The molecule has 1 atom stereocenters. The summed E-state index contributed by atoms with van der Waals surface area (Å²) in [6.07, 6.45) is 0. The molecule has 0 amide bonds. The van der Waals surface area contributed by atoms with Gasteiger partial charge in [0.2, 0.25) is 0 Å². The van der Waals surface area contributed by atoms with E-state index in [1.54, 1.807) is 0 Å². The molecule has 1 aromatic heterocycles. The standard InChI is InChI=1S/C11H16BrN3O/c1-8-7-16-4-3-15(8)11-5-10(6-12)13-9(2)14-11/h5,8H,3-4,6-7H2,1-2H3/t8-/m0/s1. The number of rotatable bonds is 2. The summed E-state index contributed by atoms with van der Waals surface area (Å²) >= 11 is 3.43. The van der Waals surface area contributed by atoms with E-state index in [1.165, 1.54) is 0 Å². The predicted octanol–water partition coefficient (Wildman–Crippen LogP) is 1.91. The smallest absolute Gasteiger partial charge is 0.132 e. The molecule has 0 N–H and O–H groups in total. The van der Waals surface area contributed by atoms with Crippen molar-refractivity contribution >= 4 is 21.7 Å². The van der Waals surface area contributed by atoms with Crippen molar-refractivity contribution in [2.24, 2.45) is 0 Å². The molecular formula is C11H16BrN3O. The first-order valence-corrected chi connectivity index (χ1v) is 6.58. The topological polar surface area (TPSA) is 38.2 Å². The number of hydrogen-bond acceptors (Lipinski definition) is 4. The maximum Gasteiger partial charge on any atom is 0.132 e. The van der Waals surface area contributed by atoms with E-state index in [1.807, 2.05) is 13.0 Å². The molecule has 0 bridgehead atoms. The highest BCUT2D eigenvalue weighted by Crippen LogP contribution is 2.19. The Kier molecular flexibility index (Phi) is 3.76. The summed E-state index contributed by atoms with van der Waals surface area (Å²) < 4.78 is 5.43. The molecule has 0 radical (unpaired) electrons. The fourth-order valence-electron chi connectivity index (χ4n) is 1.90. The molecule has 5 heteroatoms. The van der Waals surface area contributed by atoms with Gasteiger partial charge in [-0.2, -0.15) is 0 Å². The van der Waals surface area contributed by atoms with Gasteiger partial charge in [0, 0.05) is 17.9 Å². The summed E-state index contributed by atoms with van der Waals surface area (Å²) in [5.41, 5.74) is 1.03. The fourth-order valence-corrected chi connectivity index (χ4v) is 2.18. The Morgan fingerprint density at radius 2 is 2.38 bits per heavy atom. The lowest BCUT2D eigenvalue weighted by atomic mass is 10.2. The van der Waals surface area contributed by atoms with Gasteiger partial charge in [0.05, 0.1) is 24.9 Å². The van der Waals surface area contributed by atoms with Crippen LogP contribution in [-0.2, 0) is 10.1 Å². The lowest BCUT2D eigenvalue weighted by Gasteiger charge is -2.34. The second kappa shape index (κ2) is 5.10. The van der Waals surface area contributed by atoms with Crippen LogP contribution in [0.15, 0.2) is 6.07 Å². The summed E-state index contributed by atoms with van der Waals surface area (Å²) in [4.78, 5) is 11.1. The molecule has 0 aromatic carbocycles. The largest absolute Gasteiger partial charge is 0.377 e. The summed E-state index contributed by atoms with van der Waals surface area (Å²) in [6, 6.07) is 2.43. The van der Waals surface area contributed by atoms with E-state index < -0.39 is 0 Å². The van der Waals surface area contributed by atoms with E-state index in [-0.39, 0.29) is 0 Å². The van der Waals surface area contributed by atoms with Crippen LogP contribution in [0, 0.1) is 6.92 Å². The zero-order valence-corrected chi connectivity index (χ0v) is 11.2. The third kappa shape index (κ3) is 2.52. The molecular weight excluding hydrogens is 270 g/mol. The van der Waals surface area contributed by atoms with Crippen molar-refractivity contribution in [3.05, 3.63) is 17.6 Å². The van der Waals surface area contributed by atoms with Gasteiger partial charge in [0.25, 0.3) is 0 Å². The fraction of sp³-hybridized carbons (Fsp3) is 0.636. The SMILES string of the molecule is Cc1nc(CBr)cc(N2CCOC[C@@H]2C)n1. The highest BCUT2D eigenvalue weighted by Gasteiger charge is 2.20. The second-order valence-electron chi connectivity index (χ2n) is 4.02. The van der Waals surface area contributed by atoms with Gasteiger partial charge in [-0.15, -0.1) is 0 Å². The maximum atomic E-state index is 5.43. The molecule has 4 nitrogen and oxygen atoms in total. The van der Waals surface area contributed by atoms with Crippen LogP contribution in [0.4, 0.5) is 5.82 Å². The van der Waals surface area contributed by atoms with Gasteiger partial charge in [0.15, 0.2) is 0 Å². The van der Waals surface area contributed by atoms with E-state index in [0.717, 1.165) is 42.4 Å². The van der Waals surface area contributed by atoms with Crippen molar-refractivity contribution < 1.29 is 4.74 Å². The quantitative estimate of drug-likeness (QED) is 0.778. The lowest BCUT2D eigenvalue weighted by molar-refractivity contribution is 0.0985. The van der Waals surface area contributed by atoms with Crippen molar-refractivity contribution in [3.8, 4) is 0 Å². The van der Waals surface area contributed by atoms with Gasteiger partial charge in [-0.25, -0.2) is 9.97 Å². The highest BCUT2D eigenvalue weighted by molar-refractivity contribution is 9.08. The predicted molar refractivity (Wildman–Crippen MR) is 67.0 cm³/mol. The zero-order chi connectivity index (χ0) is 11.5. The zero-order valence-electron chi connectivity index (χ0n) is 9.61. The second-order valence-corrected chi connectivity index (χ2v) is 4.58. The first kappa shape index (κ1) is 11.8. The molecule has 0 unspecified atom stereocenters. The van der Waals surface area contributed by atoms with Crippen molar-refractivity contribution in [3.63, 3.8) is 0 Å². The summed E-state index contributed by atoms with van der Waals surface area (Å²) in [5.74, 6) is 1.84. The molecule has 1 saturated heterocycles. The van der Waals surface area contributed by atoms with E-state index in [0.29, 0.717) is 6.04 Å². The van der Waals surface area contributed by atoms with Crippen LogP contribution in [0.2, 0.25) is 0 Å². The number of alkyl halides is 1. The molecule has 16 heavy (non-hydrogen) atoms. The van der Waals surface area contributed by atoms with Crippen LogP contribution in [0.1, 0.15) is 18.4 Å². The average molecular weight is 286 g/mol. The molecule has 0 saturated carbocycles. The number of ether oxygens (including phenoxy) is 1. The Balaban J connectivity index is 2.27. The first-order valence-electron chi connectivity index (χ1n) is 5.45. The number of anilines is 1. The summed E-state index contributed by atoms with van der Waals surface area (Å²) in [5, 5.41) is 0.766. The maximum absolute atomic E-state index is 5.43. The minimum absolute atomic E-state index is 0.381. The van der Waals surface area contributed by atoms with E-state index in [4.69, 9.17) is 4.74 Å². The van der Waals surface area contributed by atoms with Gasteiger partial charge in [0.1, 0.15) is 11.6 Å². The van der Waals surface area contributed by atoms with Gasteiger partial charge in [-0.3, -0.25) is 0 Å². The average Bonchev–Trinajstić information content (AvgIpc) is 2.28. The molecule has 88 valence electrons. The minimum Gasteiger partial charge on any atom is -0.377 e. The summed E-state index contributed by atoms with van der Waals surface area (Å²) in [7, 11) is 0. The van der Waals surface area contributed by atoms with Crippen LogP contribution in [0.25, 0.3) is 0 Å². The Morgan fingerprint density at radius 3 is 3.06 bits per heavy atom. The number of hydrogen-bond donors (Lipinski definition) is 0. The van der Waals surface area contributed by atoms with Crippen LogP contribution in [0.5, 0.6) is 0 Å². The summed E-state index contributed by atoms with van der Waals surface area (Å²) in [6.45, 7) is 6.54. The van der Waals surface area contributed by atoms with Gasteiger partial charge >= 0.3 is 0 Å². The molecule has 2 rings (SSSR count). The third-order valence-corrected chi connectivity index (χ3v) is 3.25. The molecule has 0 aliphatic carbocycles. The first-order chi connectivity index (χ1) is 7.70. The minimum atomic E-state index is 0.381.